The van der Waals surface area contributed by atoms with Crippen LogP contribution in [0.25, 0.3) is 22.8 Å². The molecule has 0 bridgehead atoms. The van der Waals surface area contributed by atoms with Gasteiger partial charge in [-0.1, -0.05) is 11.3 Å². The topological polar surface area (TPSA) is 98.7 Å². The first-order chi connectivity index (χ1) is 15.1. The number of pyridine rings is 2. The molecule has 0 radical (unpaired) electrons. The lowest BCUT2D eigenvalue weighted by atomic mass is 10.1. The molecule has 0 atom stereocenters. The molecule has 5 rings (SSSR count). The molecule has 158 valence electrons. The van der Waals surface area contributed by atoms with Crippen molar-refractivity contribution in [3.8, 4) is 22.8 Å². The summed E-state index contributed by atoms with van der Waals surface area (Å²) in [6.45, 7) is 3.62. The van der Waals surface area contributed by atoms with Crippen LogP contribution in [0.5, 0.6) is 0 Å². The van der Waals surface area contributed by atoms with Gasteiger partial charge in [0.05, 0.1) is 29.7 Å². The summed E-state index contributed by atoms with van der Waals surface area (Å²) in [5, 5.41) is 15.3. The van der Waals surface area contributed by atoms with E-state index < -0.39 is 12.3 Å². The Bertz CT molecular complexity index is 1150. The number of hydrogen-bond acceptors (Lipinski definition) is 8. The Balaban J connectivity index is 1.23. The molecule has 0 amide bonds. The van der Waals surface area contributed by atoms with Crippen molar-refractivity contribution in [2.75, 3.05) is 13.1 Å². The molecule has 1 saturated heterocycles. The van der Waals surface area contributed by atoms with Crippen molar-refractivity contribution in [3.05, 3.63) is 60.0 Å². The molecule has 0 unspecified atom stereocenters. The summed E-state index contributed by atoms with van der Waals surface area (Å²) in [5.74, 6) is -0.711. The molecule has 31 heavy (non-hydrogen) atoms. The zero-order chi connectivity index (χ0) is 21.2. The van der Waals surface area contributed by atoms with Gasteiger partial charge in [-0.3, -0.25) is 14.9 Å². The van der Waals surface area contributed by atoms with Crippen LogP contribution in [0.3, 0.4) is 0 Å². The third-order valence-electron chi connectivity index (χ3n) is 5.00. The van der Waals surface area contributed by atoms with Crippen molar-refractivity contribution in [2.24, 2.45) is 0 Å². The quantitative estimate of drug-likeness (QED) is 0.447. The van der Waals surface area contributed by atoms with E-state index >= 15 is 0 Å². The van der Waals surface area contributed by atoms with E-state index in [4.69, 9.17) is 4.42 Å². The number of nitrogens with zero attached hydrogens (tertiary/aromatic N) is 8. The molecule has 0 saturated carbocycles. The second-order valence-electron chi connectivity index (χ2n) is 7.27. The third kappa shape index (κ3) is 4.31. The zero-order valence-electron chi connectivity index (χ0n) is 16.4. The van der Waals surface area contributed by atoms with Gasteiger partial charge >= 0.3 is 6.43 Å². The van der Waals surface area contributed by atoms with Gasteiger partial charge < -0.3 is 4.42 Å². The second kappa shape index (κ2) is 8.26. The molecule has 1 aliphatic rings. The van der Waals surface area contributed by atoms with E-state index in [0.717, 1.165) is 25.3 Å². The molecule has 0 spiro atoms. The highest BCUT2D eigenvalue weighted by Crippen LogP contribution is 2.23. The number of aromatic nitrogens is 7. The third-order valence-corrected chi connectivity index (χ3v) is 5.00. The summed E-state index contributed by atoms with van der Waals surface area (Å²) in [6.07, 6.45) is 3.64. The number of alkyl halides is 2. The van der Waals surface area contributed by atoms with E-state index in [-0.39, 0.29) is 5.89 Å². The van der Waals surface area contributed by atoms with Crippen LogP contribution in [0.1, 0.15) is 30.0 Å². The highest BCUT2D eigenvalue weighted by molar-refractivity contribution is 5.52. The molecule has 11 heteroatoms. The summed E-state index contributed by atoms with van der Waals surface area (Å²) in [5.41, 5.74) is 3.80. The molecule has 4 aromatic rings. The predicted molar refractivity (Wildman–Crippen MR) is 105 cm³/mol. The average molecular weight is 424 g/mol. The Hall–Kier alpha value is -3.60. The number of hydrogen-bond donors (Lipinski definition) is 0. The first-order valence-corrected chi connectivity index (χ1v) is 9.79. The Morgan fingerprint density at radius 1 is 0.935 bits per heavy atom. The van der Waals surface area contributed by atoms with E-state index in [1.807, 2.05) is 12.3 Å². The fourth-order valence-corrected chi connectivity index (χ4v) is 3.21. The van der Waals surface area contributed by atoms with Gasteiger partial charge in [0.25, 0.3) is 5.89 Å². The smallest absolute Gasteiger partial charge is 0.314 e. The van der Waals surface area contributed by atoms with Crippen LogP contribution in [-0.4, -0.2) is 53.1 Å². The van der Waals surface area contributed by atoms with Gasteiger partial charge in [0.1, 0.15) is 5.69 Å². The summed E-state index contributed by atoms with van der Waals surface area (Å²) in [7, 11) is 0. The Labute approximate surface area is 175 Å². The normalized spacial score (nSPS) is 14.2. The first-order valence-electron chi connectivity index (χ1n) is 9.79. The van der Waals surface area contributed by atoms with Crippen LogP contribution in [0, 0.1) is 0 Å². The van der Waals surface area contributed by atoms with Gasteiger partial charge in [-0.2, -0.15) is 8.78 Å². The summed E-state index contributed by atoms with van der Waals surface area (Å²) < 4.78 is 31.8. The Morgan fingerprint density at radius 3 is 2.48 bits per heavy atom. The maximum atomic E-state index is 12.6. The first kappa shape index (κ1) is 19.4. The molecule has 0 N–H and O–H groups in total. The molecular formula is C20H18F2N8O. The lowest BCUT2D eigenvalue weighted by molar-refractivity contribution is 0.116. The van der Waals surface area contributed by atoms with Crippen LogP contribution in [-0.2, 0) is 13.1 Å². The SMILES string of the molecule is FC(F)c1nnc(-c2ccc(Cn3cc(-c4ccc(CN5CCC5)cn4)nn3)nc2)o1. The summed E-state index contributed by atoms with van der Waals surface area (Å²) >= 11 is 0. The molecule has 9 nitrogen and oxygen atoms in total. The van der Waals surface area contributed by atoms with E-state index in [0.29, 0.717) is 23.5 Å². The monoisotopic (exact) mass is 424 g/mol. The molecular weight excluding hydrogens is 406 g/mol. The number of likely N-dealkylation sites (tertiary alicyclic amines) is 1. The Kier molecular flexibility index (Phi) is 5.16. The lowest BCUT2D eigenvalue weighted by Crippen LogP contribution is -2.36. The minimum absolute atomic E-state index is 0.000946. The van der Waals surface area contributed by atoms with Gasteiger partial charge in [0, 0.05) is 18.9 Å². The molecule has 5 heterocycles. The number of halogens is 2. The van der Waals surface area contributed by atoms with Crippen LogP contribution < -0.4 is 0 Å². The molecule has 4 aromatic heterocycles. The van der Waals surface area contributed by atoms with Gasteiger partial charge in [0.2, 0.25) is 5.89 Å². The zero-order valence-corrected chi connectivity index (χ0v) is 16.4. The van der Waals surface area contributed by atoms with Crippen molar-refractivity contribution >= 4 is 0 Å². The van der Waals surface area contributed by atoms with Crippen LogP contribution in [0.2, 0.25) is 0 Å². The van der Waals surface area contributed by atoms with E-state index in [2.05, 4.69) is 41.4 Å². The minimum atomic E-state index is -2.80. The second-order valence-corrected chi connectivity index (χ2v) is 7.27. The van der Waals surface area contributed by atoms with Crippen molar-refractivity contribution in [2.45, 2.75) is 25.9 Å². The summed E-state index contributed by atoms with van der Waals surface area (Å²) in [4.78, 5) is 11.2. The molecule has 1 aliphatic heterocycles. The minimum Gasteiger partial charge on any atom is -0.415 e. The standard InChI is InChI=1S/C20H18F2N8O/c21-18(22)20-27-26-19(31-20)14-3-4-15(23-9-14)11-30-12-17(25-28-30)16-5-2-13(8-24-16)10-29-6-1-7-29/h2-5,8-9,12,18H,1,6-7,10-11H2. The van der Waals surface area contributed by atoms with E-state index in [1.54, 1.807) is 23.0 Å². The fourth-order valence-electron chi connectivity index (χ4n) is 3.21. The van der Waals surface area contributed by atoms with Crippen molar-refractivity contribution < 1.29 is 13.2 Å². The van der Waals surface area contributed by atoms with Gasteiger partial charge in [0.15, 0.2) is 0 Å². The van der Waals surface area contributed by atoms with Crippen LogP contribution in [0.4, 0.5) is 8.78 Å². The van der Waals surface area contributed by atoms with Crippen LogP contribution >= 0.6 is 0 Å². The fraction of sp³-hybridized carbons (Fsp3) is 0.300. The van der Waals surface area contributed by atoms with Gasteiger partial charge in [-0.05, 0) is 43.3 Å². The lowest BCUT2D eigenvalue weighted by Gasteiger charge is -2.30. The largest absolute Gasteiger partial charge is 0.415 e. The van der Waals surface area contributed by atoms with Gasteiger partial charge in [-0.25, -0.2) is 4.68 Å². The molecule has 0 aromatic carbocycles. The molecule has 0 aliphatic carbocycles. The van der Waals surface area contributed by atoms with E-state index in [9.17, 15) is 8.78 Å². The van der Waals surface area contributed by atoms with E-state index in [1.165, 1.54) is 18.2 Å². The number of rotatable bonds is 7. The maximum absolute atomic E-state index is 12.6. The highest BCUT2D eigenvalue weighted by Gasteiger charge is 2.17. The average Bonchev–Trinajstić information content (AvgIpc) is 3.42. The van der Waals surface area contributed by atoms with Crippen molar-refractivity contribution in [1.82, 2.24) is 40.1 Å². The summed E-state index contributed by atoms with van der Waals surface area (Å²) in [6, 6.07) is 7.44. The molecule has 1 fully saturated rings. The van der Waals surface area contributed by atoms with Gasteiger partial charge in [-0.15, -0.1) is 15.3 Å². The maximum Gasteiger partial charge on any atom is 0.314 e. The van der Waals surface area contributed by atoms with Crippen molar-refractivity contribution in [1.29, 1.82) is 0 Å². The van der Waals surface area contributed by atoms with Crippen molar-refractivity contribution in [3.63, 3.8) is 0 Å². The predicted octanol–water partition coefficient (Wildman–Crippen LogP) is 2.98. The van der Waals surface area contributed by atoms with Crippen LogP contribution in [0.15, 0.2) is 47.3 Å². The Morgan fingerprint density at radius 2 is 1.84 bits per heavy atom. The highest BCUT2D eigenvalue weighted by atomic mass is 19.3.